The van der Waals surface area contributed by atoms with Crippen LogP contribution in [-0.2, 0) is 25.6 Å². The van der Waals surface area contributed by atoms with Gasteiger partial charge in [-0.15, -0.1) is 0 Å². The monoisotopic (exact) mass is 336 g/mol. The van der Waals surface area contributed by atoms with Gasteiger partial charge in [-0.3, -0.25) is 14.5 Å². The maximum atomic E-state index is 11.9. The molecule has 9 heteroatoms. The molecule has 0 spiro atoms. The van der Waals surface area contributed by atoms with Crippen LogP contribution in [0, 0.1) is 0 Å². The SMILES string of the molecule is O=CN[C@@H]1C(=O)N2C(C(=O)O)=C(CBr)C[S@+]([O-])[C@H]12. The number of carbonyl (C=O) groups is 3. The highest BCUT2D eigenvalue weighted by atomic mass is 79.9. The van der Waals surface area contributed by atoms with Gasteiger partial charge in [0.05, 0.1) is 0 Å². The van der Waals surface area contributed by atoms with Gasteiger partial charge in [-0.1, -0.05) is 15.9 Å². The van der Waals surface area contributed by atoms with E-state index in [1.807, 2.05) is 0 Å². The number of nitrogens with zero attached hydrogens (tertiary/aromatic N) is 1. The van der Waals surface area contributed by atoms with E-state index in [2.05, 4.69) is 21.2 Å². The van der Waals surface area contributed by atoms with Crippen LogP contribution in [0.25, 0.3) is 0 Å². The molecule has 0 bridgehead atoms. The normalized spacial score (nSPS) is 30.7. The number of nitrogens with one attached hydrogen (secondary N) is 1. The number of alkyl halides is 1. The molecule has 2 aliphatic heterocycles. The Bertz CT molecular complexity index is 454. The lowest BCUT2D eigenvalue weighted by Crippen LogP contribution is -2.74. The first-order valence-corrected chi connectivity index (χ1v) is 7.44. The Morgan fingerprint density at radius 1 is 1.72 bits per heavy atom. The summed E-state index contributed by atoms with van der Waals surface area (Å²) in [6, 6.07) is -0.894. The number of hydrogen-bond acceptors (Lipinski definition) is 4. The minimum absolute atomic E-state index is 0.0817. The second-order valence-corrected chi connectivity index (χ2v) is 5.87. The Kier molecular flexibility index (Phi) is 3.64. The van der Waals surface area contributed by atoms with E-state index in [-0.39, 0.29) is 16.8 Å². The predicted octanol–water partition coefficient (Wildman–Crippen LogP) is -1.23. The molecule has 2 rings (SSSR count). The van der Waals surface area contributed by atoms with E-state index in [4.69, 9.17) is 5.11 Å². The highest BCUT2D eigenvalue weighted by Gasteiger charge is 2.60. The van der Waals surface area contributed by atoms with Crippen molar-refractivity contribution in [3.8, 4) is 0 Å². The third-order valence-corrected chi connectivity index (χ3v) is 5.15. The molecule has 2 N–H and O–H groups in total. The minimum atomic E-state index is -1.42. The summed E-state index contributed by atoms with van der Waals surface area (Å²) in [5, 5.41) is 10.8. The number of amides is 2. The van der Waals surface area contributed by atoms with Gasteiger partial charge in [0.25, 0.3) is 5.91 Å². The van der Waals surface area contributed by atoms with Crippen LogP contribution >= 0.6 is 15.9 Å². The zero-order valence-electron chi connectivity index (χ0n) is 8.96. The summed E-state index contributed by atoms with van der Waals surface area (Å²) < 4.78 is 11.9. The summed E-state index contributed by atoms with van der Waals surface area (Å²) in [5.41, 5.74) is 0.278. The summed E-state index contributed by atoms with van der Waals surface area (Å²) in [7, 11) is 0. The van der Waals surface area contributed by atoms with Gasteiger partial charge in [-0.05, 0) is 11.2 Å². The fraction of sp³-hybridized carbons (Fsp3) is 0.444. The minimum Gasteiger partial charge on any atom is -0.614 e. The molecule has 0 saturated carbocycles. The van der Waals surface area contributed by atoms with Crippen LogP contribution in [0.15, 0.2) is 11.3 Å². The van der Waals surface area contributed by atoms with E-state index < -0.39 is 34.5 Å². The first kappa shape index (κ1) is 13.4. The van der Waals surface area contributed by atoms with Crippen molar-refractivity contribution in [3.63, 3.8) is 0 Å². The van der Waals surface area contributed by atoms with Gasteiger partial charge in [0.15, 0.2) is 6.04 Å². The van der Waals surface area contributed by atoms with Crippen molar-refractivity contribution in [1.82, 2.24) is 10.2 Å². The van der Waals surface area contributed by atoms with Crippen LogP contribution in [0.2, 0.25) is 0 Å². The van der Waals surface area contributed by atoms with Crippen LogP contribution in [-0.4, -0.2) is 55.3 Å². The maximum absolute atomic E-state index is 11.9. The molecule has 2 amide bonds. The van der Waals surface area contributed by atoms with Gasteiger partial charge < -0.3 is 15.0 Å². The molecule has 98 valence electrons. The molecule has 3 atom stereocenters. The van der Waals surface area contributed by atoms with Crippen molar-refractivity contribution in [3.05, 3.63) is 11.3 Å². The molecule has 0 aromatic rings. The maximum Gasteiger partial charge on any atom is 0.352 e. The van der Waals surface area contributed by atoms with Crippen LogP contribution < -0.4 is 5.32 Å². The molecule has 0 unspecified atom stereocenters. The van der Waals surface area contributed by atoms with Crippen molar-refractivity contribution < 1.29 is 24.0 Å². The van der Waals surface area contributed by atoms with Gasteiger partial charge in [0.1, 0.15) is 11.4 Å². The molecule has 0 aromatic carbocycles. The van der Waals surface area contributed by atoms with Gasteiger partial charge in [0.2, 0.25) is 11.8 Å². The molecule has 18 heavy (non-hydrogen) atoms. The quantitative estimate of drug-likeness (QED) is 0.289. The predicted molar refractivity (Wildman–Crippen MR) is 65.1 cm³/mol. The van der Waals surface area contributed by atoms with Gasteiger partial charge >= 0.3 is 5.97 Å². The molecule has 1 fully saturated rings. The summed E-state index contributed by atoms with van der Waals surface area (Å²) >= 11 is 1.70. The van der Waals surface area contributed by atoms with Gasteiger partial charge in [0, 0.05) is 10.9 Å². The molecule has 0 radical (unpaired) electrons. The smallest absolute Gasteiger partial charge is 0.352 e. The Morgan fingerprint density at radius 3 is 2.89 bits per heavy atom. The van der Waals surface area contributed by atoms with Crippen LogP contribution in [0.1, 0.15) is 0 Å². The van der Waals surface area contributed by atoms with Crippen molar-refractivity contribution in [2.45, 2.75) is 11.4 Å². The molecule has 2 aliphatic rings. The fourth-order valence-corrected chi connectivity index (χ4v) is 4.47. The number of halogens is 1. The third kappa shape index (κ3) is 1.82. The highest BCUT2D eigenvalue weighted by molar-refractivity contribution is 9.09. The number of carboxylic acids is 1. The van der Waals surface area contributed by atoms with Crippen molar-refractivity contribution in [1.29, 1.82) is 0 Å². The van der Waals surface area contributed by atoms with Crippen LogP contribution in [0.3, 0.4) is 0 Å². The Labute approximate surface area is 114 Å². The second kappa shape index (κ2) is 4.90. The Hall–Kier alpha value is -1.06. The average Bonchev–Trinajstić information content (AvgIpc) is 2.34. The number of fused-ring (bicyclic) bond motifs is 1. The molecule has 7 nitrogen and oxygen atoms in total. The summed E-state index contributed by atoms with van der Waals surface area (Å²) in [6.45, 7) is 0. The molecule has 0 aromatic heterocycles. The first-order chi connectivity index (χ1) is 8.52. The van der Waals surface area contributed by atoms with E-state index in [0.29, 0.717) is 12.0 Å². The Balaban J connectivity index is 2.37. The number of carbonyl (C=O) groups excluding carboxylic acids is 2. The summed E-state index contributed by atoms with van der Waals surface area (Å²) in [6.07, 6.45) is 0.348. The molecule has 0 aliphatic carbocycles. The van der Waals surface area contributed by atoms with Crippen molar-refractivity contribution >= 4 is 45.4 Å². The van der Waals surface area contributed by atoms with E-state index in [1.165, 1.54) is 0 Å². The van der Waals surface area contributed by atoms with E-state index in [0.717, 1.165) is 4.90 Å². The zero-order chi connectivity index (χ0) is 13.4. The number of hydrogen-bond donors (Lipinski definition) is 2. The zero-order valence-corrected chi connectivity index (χ0v) is 11.4. The van der Waals surface area contributed by atoms with Crippen molar-refractivity contribution in [2.75, 3.05) is 11.1 Å². The fourth-order valence-electron chi connectivity index (χ4n) is 2.05. The lowest BCUT2D eigenvalue weighted by molar-refractivity contribution is -0.150. The number of rotatable bonds is 4. The first-order valence-electron chi connectivity index (χ1n) is 4.94. The molecular weight excluding hydrogens is 328 g/mol. The standard InChI is InChI=1S/C9H9BrN2O5S/c10-1-4-2-18(17)8-5(11-3-13)7(14)12(8)6(4)9(15)16/h3,5,8H,1-2H2,(H,11,13)(H,15,16)/t5-,8-,18+/m1/s1. The van der Waals surface area contributed by atoms with Crippen LogP contribution in [0.4, 0.5) is 0 Å². The summed E-state index contributed by atoms with van der Waals surface area (Å²) in [5.74, 6) is -1.70. The van der Waals surface area contributed by atoms with Crippen LogP contribution in [0.5, 0.6) is 0 Å². The van der Waals surface area contributed by atoms with Gasteiger partial charge in [-0.2, -0.15) is 0 Å². The van der Waals surface area contributed by atoms with E-state index in [9.17, 15) is 18.9 Å². The van der Waals surface area contributed by atoms with Gasteiger partial charge in [-0.25, -0.2) is 4.79 Å². The lowest BCUT2D eigenvalue weighted by Gasteiger charge is -2.48. The molecule has 1 saturated heterocycles. The third-order valence-electron chi connectivity index (χ3n) is 2.82. The van der Waals surface area contributed by atoms with Crippen molar-refractivity contribution in [2.24, 2.45) is 0 Å². The average molecular weight is 337 g/mol. The van der Waals surface area contributed by atoms with E-state index in [1.54, 1.807) is 0 Å². The Morgan fingerprint density at radius 2 is 2.39 bits per heavy atom. The highest BCUT2D eigenvalue weighted by Crippen LogP contribution is 2.36. The second-order valence-electron chi connectivity index (χ2n) is 3.78. The summed E-state index contributed by atoms with van der Waals surface area (Å²) in [4.78, 5) is 34.3. The number of β-lactam (4-membered cyclic amide) rings is 1. The largest absolute Gasteiger partial charge is 0.614 e. The lowest BCUT2D eigenvalue weighted by atomic mass is 10.0. The molecular formula is C9H9BrN2O5S. The topological polar surface area (TPSA) is 110 Å². The van der Waals surface area contributed by atoms with E-state index >= 15 is 0 Å². The molecule has 2 heterocycles. The number of carboxylic acid groups (broad SMARTS) is 1. The number of aliphatic carboxylic acids is 1.